The molecule has 0 unspecified atom stereocenters. The first-order valence-corrected chi connectivity index (χ1v) is 4.45. The molecule has 80 valence electrons. The van der Waals surface area contributed by atoms with Gasteiger partial charge in [0.25, 0.3) is 0 Å². The molecule has 1 aromatic rings. The highest BCUT2D eigenvalue weighted by atomic mass is 16.5. The smallest absolute Gasteiger partial charge is 0.319 e. The predicted molar refractivity (Wildman–Crippen MR) is 59.9 cm³/mol. The Hall–Kier alpha value is -1.71. The van der Waals surface area contributed by atoms with E-state index in [1.807, 2.05) is 19.1 Å². The van der Waals surface area contributed by atoms with Gasteiger partial charge in [-0.3, -0.25) is 0 Å². The topological polar surface area (TPSA) is 50.4 Å². The van der Waals surface area contributed by atoms with Gasteiger partial charge in [-0.15, -0.1) is 0 Å². The Bertz CT molecular complexity index is 321. The van der Waals surface area contributed by atoms with Crippen LogP contribution in [0.3, 0.4) is 0 Å². The van der Waals surface area contributed by atoms with Gasteiger partial charge in [-0.2, -0.15) is 0 Å². The van der Waals surface area contributed by atoms with E-state index in [0.29, 0.717) is 18.0 Å². The van der Waals surface area contributed by atoms with Gasteiger partial charge in [0.2, 0.25) is 0 Å². The third-order valence-corrected chi connectivity index (χ3v) is 1.69. The van der Waals surface area contributed by atoms with Crippen molar-refractivity contribution in [3.63, 3.8) is 0 Å². The second-order valence-corrected chi connectivity index (χ2v) is 2.68. The average Bonchev–Trinajstić information content (AvgIpc) is 2.19. The summed E-state index contributed by atoms with van der Waals surface area (Å²) in [4.78, 5) is 11.2. The molecule has 14 heavy (non-hydrogen) atoms. The Labute approximate surface area is 86.2 Å². The van der Waals surface area contributed by atoms with E-state index in [-0.39, 0.29) is 8.88 Å². The van der Waals surface area contributed by atoms with Crippen LogP contribution in [0.15, 0.2) is 24.3 Å². The largest absolute Gasteiger partial charge is 0.495 e. The van der Waals surface area contributed by atoms with E-state index in [2.05, 4.69) is 10.6 Å². The minimum Gasteiger partial charge on any atom is -0.495 e. The minimum absolute atomic E-state index is 0. The van der Waals surface area contributed by atoms with E-state index in [0.717, 1.165) is 0 Å². The molecule has 0 aliphatic carbocycles. The van der Waals surface area contributed by atoms with Crippen molar-refractivity contribution in [2.45, 2.75) is 6.92 Å². The fraction of sp³-hybridized carbons (Fsp3) is 0.300. The second kappa shape index (κ2) is 5.11. The van der Waals surface area contributed by atoms with Crippen molar-refractivity contribution < 1.29 is 12.4 Å². The molecule has 0 bridgehead atoms. The summed E-state index contributed by atoms with van der Waals surface area (Å²) in [6.07, 6.45) is 0. The summed E-state index contributed by atoms with van der Waals surface area (Å²) in [7, 11) is 1.57. The monoisotopic (exact) mass is 198 g/mol. The maximum absolute atomic E-state index is 11.2. The lowest BCUT2D eigenvalue weighted by atomic mass is 10.3. The Morgan fingerprint density at radius 3 is 2.86 bits per heavy atom. The zero-order chi connectivity index (χ0) is 10.4. The SMILES string of the molecule is CCNC(=O)Nc1ccccc1OC.[HH].[HH]. The summed E-state index contributed by atoms with van der Waals surface area (Å²) in [6, 6.07) is 7.04. The third kappa shape index (κ3) is 2.65. The summed E-state index contributed by atoms with van der Waals surface area (Å²) in [6.45, 7) is 2.46. The highest BCUT2D eigenvalue weighted by Crippen LogP contribution is 2.22. The Morgan fingerprint density at radius 1 is 1.50 bits per heavy atom. The van der Waals surface area contributed by atoms with Crippen LogP contribution in [0.5, 0.6) is 5.75 Å². The number of nitrogens with one attached hydrogen (secondary N) is 2. The number of carbonyl (C=O) groups excluding carboxylic acids is 1. The van der Waals surface area contributed by atoms with Crippen LogP contribution in [-0.2, 0) is 0 Å². The molecule has 0 spiro atoms. The molecule has 0 atom stereocenters. The first kappa shape index (κ1) is 10.4. The second-order valence-electron chi connectivity index (χ2n) is 2.68. The molecule has 4 heteroatoms. The molecule has 0 aliphatic heterocycles. The quantitative estimate of drug-likeness (QED) is 0.783. The molecule has 1 aromatic carbocycles. The van der Waals surface area contributed by atoms with Crippen LogP contribution in [-0.4, -0.2) is 19.7 Å². The van der Waals surface area contributed by atoms with E-state index in [1.54, 1.807) is 19.2 Å². The van der Waals surface area contributed by atoms with Crippen molar-refractivity contribution in [3.8, 4) is 5.75 Å². The third-order valence-electron chi connectivity index (χ3n) is 1.69. The maximum atomic E-state index is 11.2. The van der Waals surface area contributed by atoms with Crippen LogP contribution in [0.2, 0.25) is 0 Å². The normalized spacial score (nSPS) is 9.29. The number of carbonyl (C=O) groups is 1. The van der Waals surface area contributed by atoms with Crippen molar-refractivity contribution in [3.05, 3.63) is 24.3 Å². The minimum atomic E-state index is -0.225. The van der Waals surface area contributed by atoms with Crippen molar-refractivity contribution in [2.75, 3.05) is 19.0 Å². The van der Waals surface area contributed by atoms with Crippen LogP contribution in [0, 0.1) is 0 Å². The molecule has 2 amide bonds. The molecule has 0 aromatic heterocycles. The molecule has 0 fully saturated rings. The number of amides is 2. The van der Waals surface area contributed by atoms with Gasteiger partial charge in [0.15, 0.2) is 0 Å². The lowest BCUT2D eigenvalue weighted by Gasteiger charge is -2.09. The summed E-state index contributed by atoms with van der Waals surface area (Å²) < 4.78 is 5.08. The molecular formula is C10H18N2O2. The van der Waals surface area contributed by atoms with E-state index in [1.165, 1.54) is 0 Å². The van der Waals surface area contributed by atoms with Crippen molar-refractivity contribution in [1.29, 1.82) is 0 Å². The number of urea groups is 1. The summed E-state index contributed by atoms with van der Waals surface area (Å²) in [5.74, 6) is 0.652. The lowest BCUT2D eigenvalue weighted by Crippen LogP contribution is -2.28. The fourth-order valence-electron chi connectivity index (χ4n) is 1.07. The van der Waals surface area contributed by atoms with Gasteiger partial charge < -0.3 is 15.4 Å². The number of hydrogen-bond acceptors (Lipinski definition) is 2. The van der Waals surface area contributed by atoms with E-state index >= 15 is 0 Å². The highest BCUT2D eigenvalue weighted by Gasteiger charge is 2.04. The zero-order valence-electron chi connectivity index (χ0n) is 8.33. The number of rotatable bonds is 3. The summed E-state index contributed by atoms with van der Waals surface area (Å²) >= 11 is 0. The van der Waals surface area contributed by atoms with Gasteiger partial charge in [0.1, 0.15) is 5.75 Å². The van der Waals surface area contributed by atoms with Crippen LogP contribution in [0.25, 0.3) is 0 Å². The summed E-state index contributed by atoms with van der Waals surface area (Å²) in [5, 5.41) is 5.33. The van der Waals surface area contributed by atoms with Gasteiger partial charge in [-0.1, -0.05) is 12.1 Å². The molecule has 0 saturated carbocycles. The molecular weight excluding hydrogens is 180 g/mol. The molecule has 2 N–H and O–H groups in total. The Kier molecular flexibility index (Phi) is 3.79. The Balaban J connectivity index is 0. The predicted octanol–water partition coefficient (Wildman–Crippen LogP) is 2.33. The van der Waals surface area contributed by atoms with Gasteiger partial charge in [0.05, 0.1) is 12.8 Å². The number of benzene rings is 1. The summed E-state index contributed by atoms with van der Waals surface area (Å²) in [5.41, 5.74) is 0.668. The molecule has 0 aliphatic rings. The number of ether oxygens (including phenoxy) is 1. The van der Waals surface area contributed by atoms with E-state index in [4.69, 9.17) is 4.74 Å². The van der Waals surface area contributed by atoms with Gasteiger partial charge >= 0.3 is 6.03 Å². The number of methoxy groups -OCH3 is 1. The van der Waals surface area contributed by atoms with Crippen LogP contribution in [0.4, 0.5) is 10.5 Å². The number of para-hydroxylation sites is 2. The molecule has 0 saturated heterocycles. The molecule has 0 heterocycles. The highest BCUT2D eigenvalue weighted by molar-refractivity contribution is 5.90. The zero-order valence-corrected chi connectivity index (χ0v) is 8.33. The lowest BCUT2D eigenvalue weighted by molar-refractivity contribution is 0.252. The van der Waals surface area contributed by atoms with Gasteiger partial charge in [-0.25, -0.2) is 4.79 Å². The van der Waals surface area contributed by atoms with Crippen LogP contribution in [0.1, 0.15) is 9.78 Å². The maximum Gasteiger partial charge on any atom is 0.319 e. The van der Waals surface area contributed by atoms with Gasteiger partial charge in [-0.05, 0) is 19.1 Å². The van der Waals surface area contributed by atoms with Gasteiger partial charge in [0, 0.05) is 9.40 Å². The average molecular weight is 198 g/mol. The van der Waals surface area contributed by atoms with Crippen molar-refractivity contribution in [1.82, 2.24) is 5.32 Å². The fourth-order valence-corrected chi connectivity index (χ4v) is 1.07. The number of anilines is 1. The van der Waals surface area contributed by atoms with Crippen molar-refractivity contribution in [2.24, 2.45) is 0 Å². The van der Waals surface area contributed by atoms with Crippen LogP contribution >= 0.6 is 0 Å². The first-order valence-electron chi connectivity index (χ1n) is 4.45. The number of hydrogen-bond donors (Lipinski definition) is 2. The standard InChI is InChI=1S/C10H14N2O2.2H2/c1-3-11-10(13)12-8-6-4-5-7-9(8)14-2;;/h4-7H,3H2,1-2H3,(H2,11,12,13);2*1H. The molecule has 0 radical (unpaired) electrons. The van der Waals surface area contributed by atoms with E-state index < -0.39 is 0 Å². The van der Waals surface area contributed by atoms with E-state index in [9.17, 15) is 4.79 Å². The first-order chi connectivity index (χ1) is 6.77. The van der Waals surface area contributed by atoms with Crippen LogP contribution < -0.4 is 15.4 Å². The van der Waals surface area contributed by atoms with Crippen molar-refractivity contribution >= 4 is 11.7 Å². The Morgan fingerprint density at radius 2 is 2.21 bits per heavy atom. The molecule has 4 nitrogen and oxygen atoms in total. The molecule has 1 rings (SSSR count).